The van der Waals surface area contributed by atoms with Crippen molar-refractivity contribution in [2.45, 2.75) is 55.4 Å². The molecule has 0 saturated heterocycles. The lowest BCUT2D eigenvalue weighted by Crippen LogP contribution is -2.35. The van der Waals surface area contributed by atoms with Crippen LogP contribution in [0.15, 0.2) is 39.9 Å². The van der Waals surface area contributed by atoms with Crippen LogP contribution in [-0.2, 0) is 0 Å². The summed E-state index contributed by atoms with van der Waals surface area (Å²) in [7, 11) is 53.2. The fourth-order valence-electron chi connectivity index (χ4n) is 6.59. The summed E-state index contributed by atoms with van der Waals surface area (Å²) in [5, 5.41) is 55.6. The van der Waals surface area contributed by atoms with Crippen molar-refractivity contribution < 1.29 is 57.5 Å². The minimum atomic E-state index is -2.67. The lowest BCUT2D eigenvalue weighted by atomic mass is 10.3. The molecule has 0 spiro atoms. The van der Waals surface area contributed by atoms with Crippen molar-refractivity contribution in [2.75, 3.05) is 278 Å². The van der Waals surface area contributed by atoms with Gasteiger partial charge in [0, 0.05) is 278 Å². The second kappa shape index (κ2) is 77.8. The quantitative estimate of drug-likeness (QED) is 0.0663. The van der Waals surface area contributed by atoms with Crippen molar-refractivity contribution in [2.24, 2.45) is 39.9 Å². The fraction of sp³-hybridized carbons (Fsp3) is 0.857. The van der Waals surface area contributed by atoms with Gasteiger partial charge in [-0.15, -0.1) is 0 Å². The SMILES string of the molecule is CCN=C(N(C)C)N(C)C.CCN=C(N(C)C)N(C)C.CCN=C(N(C)C)N(C)C.CCN=C(N(C)C)N(C)C.CCN=C(N(C)C)N(C)C.CCN=C(N(C)C)N(C)C.CCN=C(N(C)C)N(C)C.CCN=C(N(C)C)N(C)C.OB(O)F.OB(O)F.OB(O)F.OB(O)F. The van der Waals surface area contributed by atoms with Gasteiger partial charge < -0.3 is 119 Å². The second-order valence-corrected chi connectivity index (χ2v) is 21.7. The van der Waals surface area contributed by atoms with Gasteiger partial charge in [-0.3, -0.25) is 57.2 Å². The van der Waals surface area contributed by atoms with Crippen LogP contribution in [0.3, 0.4) is 0 Å². The van der Waals surface area contributed by atoms with Crippen molar-refractivity contribution in [1.29, 1.82) is 0 Å². The molecular formula is C56H144B4F4N24O8. The zero-order chi connectivity index (χ0) is 79.5. The monoisotopic (exact) mass is 1400 g/mol. The zero-order valence-corrected chi connectivity index (χ0v) is 67.8. The maximum absolute atomic E-state index is 10.1. The maximum atomic E-state index is 10.1. The predicted molar refractivity (Wildman–Crippen MR) is 408 cm³/mol. The van der Waals surface area contributed by atoms with E-state index in [1.165, 1.54) is 0 Å². The van der Waals surface area contributed by atoms with Gasteiger partial charge >= 0.3 is 29.6 Å². The molecule has 0 radical (unpaired) electrons. The molecule has 0 saturated carbocycles. The normalized spacial score (nSPS) is 8.54. The van der Waals surface area contributed by atoms with Crippen LogP contribution in [0.25, 0.3) is 0 Å². The number of rotatable bonds is 8. The standard InChI is InChI=1S/8C7H17N3.4BFH2O2/c8*1-6-8-7(9(2)3)10(4)5;4*2-1(3)4/h8*6H2,1-5H3;4*3-4H. The Morgan fingerprint density at radius 3 is 0.229 bits per heavy atom. The number of halogens is 4. The number of aliphatic imine (C=N–C) groups is 8. The van der Waals surface area contributed by atoms with E-state index in [0.717, 1.165) is 100 Å². The molecule has 96 heavy (non-hydrogen) atoms. The fourth-order valence-corrected chi connectivity index (χ4v) is 6.59. The van der Waals surface area contributed by atoms with Gasteiger partial charge in [-0.1, -0.05) is 0 Å². The molecule has 0 bridgehead atoms. The molecule has 0 atom stereocenters. The summed E-state index contributed by atoms with van der Waals surface area (Å²) in [5.41, 5.74) is 0. The molecule has 0 aromatic carbocycles. The molecule has 0 aliphatic carbocycles. The Kier molecular flexibility index (Phi) is 94.9. The lowest BCUT2D eigenvalue weighted by molar-refractivity contribution is 0.338. The van der Waals surface area contributed by atoms with E-state index in [2.05, 4.69) is 39.9 Å². The lowest BCUT2D eigenvalue weighted by Gasteiger charge is -2.22. The number of hydrogen-bond donors (Lipinski definition) is 8. The van der Waals surface area contributed by atoms with Crippen molar-refractivity contribution in [1.82, 2.24) is 78.4 Å². The van der Waals surface area contributed by atoms with E-state index in [-0.39, 0.29) is 0 Å². The van der Waals surface area contributed by atoms with Gasteiger partial charge in [0.15, 0.2) is 47.7 Å². The van der Waals surface area contributed by atoms with E-state index in [1.807, 2.05) is 359 Å². The Bertz CT molecular complexity index is 1450. The highest BCUT2D eigenvalue weighted by Gasteiger charge is 2.07. The Labute approximate surface area is 584 Å². The van der Waals surface area contributed by atoms with E-state index in [0.29, 0.717) is 0 Å². The van der Waals surface area contributed by atoms with Gasteiger partial charge in [0.1, 0.15) is 0 Å². The summed E-state index contributed by atoms with van der Waals surface area (Å²) in [6, 6.07) is 0. The summed E-state index contributed by atoms with van der Waals surface area (Å²) >= 11 is 0. The van der Waals surface area contributed by atoms with E-state index >= 15 is 0 Å². The third-order valence-corrected chi connectivity index (χ3v) is 8.80. The van der Waals surface area contributed by atoms with Crippen LogP contribution >= 0.6 is 0 Å². The molecule has 8 N–H and O–H groups in total. The predicted octanol–water partition coefficient (Wildman–Crippen LogP) is -0.414. The Morgan fingerprint density at radius 2 is 0.219 bits per heavy atom. The van der Waals surface area contributed by atoms with E-state index in [4.69, 9.17) is 40.2 Å². The molecule has 32 nitrogen and oxygen atoms in total. The molecule has 0 aromatic heterocycles. The van der Waals surface area contributed by atoms with Gasteiger partial charge in [-0.25, -0.2) is 0 Å². The highest BCUT2D eigenvalue weighted by atomic mass is 19.1. The highest BCUT2D eigenvalue weighted by Crippen LogP contribution is 1.93. The summed E-state index contributed by atoms with van der Waals surface area (Å²) in [6.45, 7) is 23.0. The third-order valence-electron chi connectivity index (χ3n) is 8.80. The maximum Gasteiger partial charge on any atom is 0.674 e. The first-order valence-corrected chi connectivity index (χ1v) is 30.8. The molecule has 576 valence electrons. The van der Waals surface area contributed by atoms with E-state index in [9.17, 15) is 17.3 Å². The largest absolute Gasteiger partial charge is 0.674 e. The van der Waals surface area contributed by atoms with Crippen LogP contribution in [0.4, 0.5) is 17.3 Å². The number of guanidine groups is 8. The summed E-state index contributed by atoms with van der Waals surface area (Å²) in [6.07, 6.45) is 0. The van der Waals surface area contributed by atoms with Crippen LogP contribution in [0, 0.1) is 0 Å². The van der Waals surface area contributed by atoms with Crippen LogP contribution in [0.2, 0.25) is 0 Å². The van der Waals surface area contributed by atoms with Gasteiger partial charge in [-0.2, -0.15) is 0 Å². The first-order chi connectivity index (χ1) is 43.7. The van der Waals surface area contributed by atoms with E-state index in [1.54, 1.807) is 0 Å². The Balaban J connectivity index is -0.0000000813. The van der Waals surface area contributed by atoms with Gasteiger partial charge in [0.05, 0.1) is 0 Å². The zero-order valence-electron chi connectivity index (χ0n) is 67.8. The third kappa shape index (κ3) is 98.9. The van der Waals surface area contributed by atoms with Gasteiger partial charge in [0.2, 0.25) is 0 Å². The van der Waals surface area contributed by atoms with Gasteiger partial charge in [-0.05, 0) is 55.4 Å². The molecule has 0 heterocycles. The smallest absolute Gasteiger partial charge is 0.398 e. The minimum absolute atomic E-state index is 0.839. The average molecular weight is 1400 g/mol. The Hall–Kier alpha value is -6.18. The first kappa shape index (κ1) is 117. The highest BCUT2D eigenvalue weighted by molar-refractivity contribution is 6.32. The molecule has 0 aromatic rings. The second-order valence-electron chi connectivity index (χ2n) is 21.7. The van der Waals surface area contributed by atoms with Gasteiger partial charge in [0.25, 0.3) is 0 Å². The van der Waals surface area contributed by atoms with Crippen molar-refractivity contribution in [3.8, 4) is 0 Å². The molecule has 40 heteroatoms. The van der Waals surface area contributed by atoms with Crippen LogP contribution in [0.1, 0.15) is 55.4 Å². The minimum Gasteiger partial charge on any atom is -0.398 e. The van der Waals surface area contributed by atoms with Crippen molar-refractivity contribution in [3.63, 3.8) is 0 Å². The average Bonchev–Trinajstić information content (AvgIpc) is 3.06. The molecular weight excluding hydrogens is 1260 g/mol. The molecule has 0 unspecified atom stereocenters. The number of nitrogens with zero attached hydrogens (tertiary/aromatic N) is 24. The summed E-state index contributed by atoms with van der Waals surface area (Å²) in [5.74, 6) is 8.13. The van der Waals surface area contributed by atoms with Crippen molar-refractivity contribution in [3.05, 3.63) is 0 Å². The van der Waals surface area contributed by atoms with Crippen LogP contribution < -0.4 is 0 Å². The summed E-state index contributed by atoms with van der Waals surface area (Å²) in [4.78, 5) is 66.4. The van der Waals surface area contributed by atoms with E-state index < -0.39 is 29.6 Å². The molecule has 0 rings (SSSR count). The Morgan fingerprint density at radius 1 is 0.177 bits per heavy atom. The number of hydrogen-bond acceptors (Lipinski definition) is 16. The molecule has 0 aliphatic heterocycles. The summed E-state index contributed by atoms with van der Waals surface area (Å²) < 4.78 is 40.4. The molecule has 0 amide bonds. The van der Waals surface area contributed by atoms with Crippen LogP contribution in [-0.4, -0.2) is 474 Å². The molecule has 0 fully saturated rings. The topological polar surface area (TPSA) is 313 Å². The molecule has 0 aliphatic rings. The van der Waals surface area contributed by atoms with Crippen LogP contribution in [0.5, 0.6) is 0 Å². The van der Waals surface area contributed by atoms with Crippen molar-refractivity contribution >= 4 is 77.3 Å². The first-order valence-electron chi connectivity index (χ1n) is 30.8.